The van der Waals surface area contributed by atoms with Gasteiger partial charge in [0.25, 0.3) is 0 Å². The van der Waals surface area contributed by atoms with E-state index in [1.54, 1.807) is 24.3 Å². The first kappa shape index (κ1) is 50.7. The molecule has 4 heterocycles. The average Bonchev–Trinajstić information content (AvgIpc) is 3.64. The number of fused-ring (bicyclic) bond motifs is 4. The molecule has 4 aliphatic rings. The molecule has 6 aromatic rings. The zero-order valence-corrected chi connectivity index (χ0v) is 40.4. The van der Waals surface area contributed by atoms with Crippen LogP contribution in [-0.2, 0) is 48.5 Å². The fourth-order valence-corrected chi connectivity index (χ4v) is 12.5. The monoisotopic (exact) mass is 962 g/mol. The number of aromatic amines is 2. The van der Waals surface area contributed by atoms with Crippen LogP contribution < -0.4 is 28.3 Å². The molecule has 352 valence electrons. The Labute approximate surface area is 417 Å². The summed E-state index contributed by atoms with van der Waals surface area (Å²) in [5, 5.41) is 1.84. The molecular weight excluding hydrogens is 901 g/mol. The summed E-state index contributed by atoms with van der Waals surface area (Å²) in [4.78, 5) is 24.2. The maximum Gasteiger partial charge on any atom is 1.00 e. The van der Waals surface area contributed by atoms with E-state index in [4.69, 9.17) is 0 Å². The topological polar surface area (TPSA) is 147 Å². The van der Waals surface area contributed by atoms with Crippen LogP contribution in [0.5, 0.6) is 0 Å². The Morgan fingerprint density at radius 1 is 0.687 bits per heavy atom. The SMILES string of the molecule is Cc1c(CCC(=O)N2CC3C(C2)C3(C)c2cccc(NS(C)(=O)=O)c2)[nH]c2ccc(F)cc12.Cc1c(CCCN2CC3C(C2)C3(C)c2cccc(NS(C)(=O)=O)c2)[nH]c2ccc(F)cc12.[AlH3].[H-].[Li+]. The van der Waals surface area contributed by atoms with Gasteiger partial charge in [0.15, 0.2) is 17.4 Å². The van der Waals surface area contributed by atoms with E-state index in [0.29, 0.717) is 47.9 Å². The number of H-pyrrole nitrogens is 2. The van der Waals surface area contributed by atoms with Crippen molar-refractivity contribution >= 4 is 76.5 Å². The predicted octanol–water partition coefficient (Wildman–Crippen LogP) is 4.34. The molecule has 1 amide bonds. The number of hydrogen-bond acceptors (Lipinski definition) is 6. The third-order valence-electron chi connectivity index (χ3n) is 15.2. The molecule has 2 aliphatic heterocycles. The van der Waals surface area contributed by atoms with Crippen LogP contribution in [-0.4, -0.2) is 105 Å². The Balaban J connectivity index is 0.000000215. The summed E-state index contributed by atoms with van der Waals surface area (Å²) in [6.45, 7) is 13.2. The van der Waals surface area contributed by atoms with E-state index >= 15 is 0 Å². The van der Waals surface area contributed by atoms with Gasteiger partial charge < -0.3 is 21.2 Å². The Bertz CT molecular complexity index is 3060. The number of sulfonamides is 2. The van der Waals surface area contributed by atoms with Gasteiger partial charge in [-0.05, 0) is 146 Å². The second-order valence-electron chi connectivity index (χ2n) is 19.4. The van der Waals surface area contributed by atoms with Gasteiger partial charge in [-0.25, -0.2) is 25.6 Å². The number of halogens is 2. The summed E-state index contributed by atoms with van der Waals surface area (Å²) >= 11 is 0. The molecular formula is C50H62AlF2LiN6O5S2. The number of aryl methyl sites for hydroxylation is 4. The molecule has 2 saturated heterocycles. The quantitative estimate of drug-likeness (QED) is 0.127. The van der Waals surface area contributed by atoms with Gasteiger partial charge in [-0.1, -0.05) is 38.1 Å². The molecule has 0 bridgehead atoms. The van der Waals surface area contributed by atoms with Gasteiger partial charge in [0.05, 0.1) is 12.5 Å². The van der Waals surface area contributed by atoms with Gasteiger partial charge in [-0.2, -0.15) is 0 Å². The molecule has 4 atom stereocenters. The number of likely N-dealkylation sites (tertiary alicyclic amines) is 2. The first-order chi connectivity index (χ1) is 30.7. The van der Waals surface area contributed by atoms with Crippen LogP contribution in [0, 0.1) is 49.2 Å². The second kappa shape index (κ2) is 19.0. The first-order valence-electron chi connectivity index (χ1n) is 22.4. The van der Waals surface area contributed by atoms with Crippen molar-refractivity contribution in [1.82, 2.24) is 19.8 Å². The minimum absolute atomic E-state index is 0. The van der Waals surface area contributed by atoms with Gasteiger partial charge in [0, 0.05) is 88.0 Å². The van der Waals surface area contributed by atoms with E-state index in [0.717, 1.165) is 96.0 Å². The normalized spacial score (nSPS) is 24.0. The number of nitrogens with zero attached hydrogens (tertiary/aromatic N) is 2. The molecule has 4 N–H and O–H groups in total. The summed E-state index contributed by atoms with van der Waals surface area (Å²) in [5.41, 5.74) is 9.86. The Morgan fingerprint density at radius 3 is 1.57 bits per heavy atom. The number of aromatic nitrogens is 2. The number of carbonyl (C=O) groups is 1. The number of anilines is 2. The van der Waals surface area contributed by atoms with Crippen molar-refractivity contribution in [1.29, 1.82) is 0 Å². The van der Waals surface area contributed by atoms with Crippen LogP contribution in [0.3, 0.4) is 0 Å². The number of hydrogen-bond donors (Lipinski definition) is 4. The van der Waals surface area contributed by atoms with Crippen LogP contribution in [0.1, 0.15) is 61.8 Å². The molecule has 17 heteroatoms. The van der Waals surface area contributed by atoms with Crippen molar-refractivity contribution in [2.24, 2.45) is 23.7 Å². The molecule has 0 radical (unpaired) electrons. The van der Waals surface area contributed by atoms with E-state index in [1.165, 1.54) is 35.7 Å². The van der Waals surface area contributed by atoms with Crippen molar-refractivity contribution in [2.45, 2.75) is 64.2 Å². The van der Waals surface area contributed by atoms with Crippen LogP contribution in [0.2, 0.25) is 0 Å². The smallest absolute Gasteiger partial charge is 1.00 e. The summed E-state index contributed by atoms with van der Waals surface area (Å²) in [7, 11) is -6.60. The Hall–Kier alpha value is -4.12. The maximum absolute atomic E-state index is 13.6. The molecule has 2 saturated carbocycles. The van der Waals surface area contributed by atoms with Crippen LogP contribution in [0.15, 0.2) is 84.9 Å². The van der Waals surface area contributed by atoms with Crippen molar-refractivity contribution in [3.05, 3.63) is 130 Å². The van der Waals surface area contributed by atoms with Crippen molar-refractivity contribution in [3.63, 3.8) is 0 Å². The fraction of sp³-hybridized carbons (Fsp3) is 0.420. The zero-order valence-electron chi connectivity index (χ0n) is 39.8. The number of nitrogens with one attached hydrogen (secondary N) is 4. The number of carbonyl (C=O) groups excluding carboxylic acids is 1. The third-order valence-corrected chi connectivity index (χ3v) is 16.5. The Kier molecular flexibility index (Phi) is 14.4. The average molecular weight is 963 g/mol. The van der Waals surface area contributed by atoms with Gasteiger partial charge in [-0.3, -0.25) is 14.2 Å². The molecule has 4 fully saturated rings. The Morgan fingerprint density at radius 2 is 1.12 bits per heavy atom. The standard InChI is InChI=1S/C25H28FN3O3S.C25H30FN3O2S.Al.Li.4H/c1-15-19-12-17(26)7-8-23(19)27-22(15)9-10-24(30)29-13-20-21(14-29)25(20,2)16-5-4-6-18(11-16)28-33(3,31)32;1-16-20-13-18(26)9-10-24(20)27-23(16)8-5-11-29-14-21-22(15-29)25(21,2)17-6-4-7-19(12-17)28-32(3,30)31;;;;;;/h4-8,11-12,20-21,27-28H,9-10,13-14H2,1-3H3;4,6-7,9-10,12-13,21-22,27-28H,5,8,11,14-15H2,1-3H3;;;;;;/q;;;+1;;;;-1. The van der Waals surface area contributed by atoms with Crippen molar-refractivity contribution in [3.8, 4) is 0 Å². The van der Waals surface area contributed by atoms with Crippen LogP contribution >= 0.6 is 0 Å². The minimum Gasteiger partial charge on any atom is -1.00 e. The van der Waals surface area contributed by atoms with E-state index in [9.17, 15) is 30.4 Å². The summed E-state index contributed by atoms with van der Waals surface area (Å²) in [6, 6.07) is 25.1. The summed E-state index contributed by atoms with van der Waals surface area (Å²) < 4.78 is 78.5. The van der Waals surface area contributed by atoms with E-state index in [-0.39, 0.29) is 66.0 Å². The number of amides is 1. The number of piperidine rings is 2. The van der Waals surface area contributed by atoms with Crippen LogP contribution in [0.25, 0.3) is 21.8 Å². The molecule has 11 nitrogen and oxygen atoms in total. The van der Waals surface area contributed by atoms with Gasteiger partial charge >= 0.3 is 18.9 Å². The third kappa shape index (κ3) is 10.3. The molecule has 2 aliphatic carbocycles. The molecule has 4 unspecified atom stereocenters. The molecule has 4 aromatic carbocycles. The molecule has 0 spiro atoms. The second-order valence-corrected chi connectivity index (χ2v) is 22.9. The van der Waals surface area contributed by atoms with Crippen molar-refractivity contribution in [2.75, 3.05) is 54.7 Å². The van der Waals surface area contributed by atoms with Gasteiger partial charge in [0.1, 0.15) is 11.6 Å². The van der Waals surface area contributed by atoms with Gasteiger partial charge in [-0.15, -0.1) is 0 Å². The minimum atomic E-state index is -3.32. The van der Waals surface area contributed by atoms with Gasteiger partial charge in [0.2, 0.25) is 26.0 Å². The van der Waals surface area contributed by atoms with E-state index in [1.807, 2.05) is 48.2 Å². The molecule has 2 aromatic heterocycles. The zero-order chi connectivity index (χ0) is 46.2. The predicted molar refractivity (Wildman–Crippen MR) is 265 cm³/mol. The van der Waals surface area contributed by atoms with Crippen LogP contribution in [0.4, 0.5) is 20.2 Å². The summed E-state index contributed by atoms with van der Waals surface area (Å²) in [5.74, 6) is 1.69. The summed E-state index contributed by atoms with van der Waals surface area (Å²) in [6.07, 6.45) is 5.38. The fourth-order valence-electron chi connectivity index (χ4n) is 11.4. The number of benzene rings is 4. The molecule has 67 heavy (non-hydrogen) atoms. The maximum atomic E-state index is 13.6. The van der Waals surface area contributed by atoms with Crippen molar-refractivity contribution < 1.29 is 50.7 Å². The van der Waals surface area contributed by atoms with E-state index in [2.05, 4.69) is 51.1 Å². The largest absolute Gasteiger partial charge is 1.00 e. The molecule has 10 rings (SSSR count). The van der Waals surface area contributed by atoms with E-state index < -0.39 is 20.0 Å². The first-order valence-corrected chi connectivity index (χ1v) is 26.2. The number of rotatable bonds is 13.